The first-order chi connectivity index (χ1) is 10.4. The minimum absolute atomic E-state index is 0.414. The fraction of sp³-hybridized carbons (Fsp3) is 1.00. The monoisotopic (exact) mass is 298 g/mol. The third kappa shape index (κ3) is 12.2. The van der Waals surface area contributed by atoms with Crippen molar-refractivity contribution < 1.29 is 9.47 Å². The van der Waals surface area contributed by atoms with E-state index in [0.29, 0.717) is 12.2 Å². The molecule has 2 heteroatoms. The van der Waals surface area contributed by atoms with E-state index in [0.717, 1.165) is 13.2 Å². The van der Waals surface area contributed by atoms with Gasteiger partial charge in [-0.15, -0.1) is 0 Å². The second-order valence-corrected chi connectivity index (χ2v) is 6.67. The summed E-state index contributed by atoms with van der Waals surface area (Å²) in [6, 6.07) is 0. The molecule has 0 aromatic carbocycles. The lowest BCUT2D eigenvalue weighted by molar-refractivity contribution is 0.0288. The van der Waals surface area contributed by atoms with Crippen LogP contribution in [0, 0.1) is 0 Å². The van der Waals surface area contributed by atoms with E-state index in [1.165, 1.54) is 83.5 Å². The summed E-state index contributed by atoms with van der Waals surface area (Å²) in [6.07, 6.45) is 18.5. The predicted octanol–water partition coefficient (Wildman–Crippen LogP) is 5.88. The number of hydrogen-bond donors (Lipinski definition) is 0. The zero-order valence-corrected chi connectivity index (χ0v) is 14.6. The molecular formula is C19H38O2. The summed E-state index contributed by atoms with van der Waals surface area (Å²) in [5.41, 5.74) is 0. The van der Waals surface area contributed by atoms with Crippen LogP contribution < -0.4 is 0 Å². The van der Waals surface area contributed by atoms with Gasteiger partial charge < -0.3 is 9.47 Å². The summed E-state index contributed by atoms with van der Waals surface area (Å²) >= 11 is 0. The number of epoxide rings is 1. The van der Waals surface area contributed by atoms with E-state index in [2.05, 4.69) is 13.8 Å². The van der Waals surface area contributed by atoms with Crippen LogP contribution in [0.4, 0.5) is 0 Å². The van der Waals surface area contributed by atoms with E-state index in [1.807, 2.05) is 0 Å². The summed E-state index contributed by atoms with van der Waals surface area (Å²) in [7, 11) is 0. The first kappa shape index (κ1) is 19.0. The topological polar surface area (TPSA) is 21.8 Å². The van der Waals surface area contributed by atoms with Gasteiger partial charge in [-0.05, 0) is 12.8 Å². The quantitative estimate of drug-likeness (QED) is 0.262. The number of rotatable bonds is 16. The molecule has 0 saturated carbocycles. The molecule has 1 aliphatic rings. The summed E-state index contributed by atoms with van der Waals surface area (Å²) in [5, 5.41) is 0. The van der Waals surface area contributed by atoms with Crippen molar-refractivity contribution in [2.45, 2.75) is 110 Å². The molecule has 0 N–H and O–H groups in total. The molecule has 0 aromatic rings. The molecule has 0 aliphatic carbocycles. The van der Waals surface area contributed by atoms with Gasteiger partial charge >= 0.3 is 0 Å². The van der Waals surface area contributed by atoms with Crippen molar-refractivity contribution in [2.75, 3.05) is 13.2 Å². The fourth-order valence-corrected chi connectivity index (χ4v) is 2.85. The molecule has 0 amide bonds. The molecule has 1 rings (SSSR count). The highest BCUT2D eigenvalue weighted by Gasteiger charge is 2.24. The number of unbranched alkanes of at least 4 members (excludes halogenated alkanes) is 9. The van der Waals surface area contributed by atoms with Crippen LogP contribution >= 0.6 is 0 Å². The molecule has 0 radical (unpaired) electrons. The summed E-state index contributed by atoms with van der Waals surface area (Å²) in [4.78, 5) is 0. The second-order valence-electron chi connectivity index (χ2n) is 6.67. The Hall–Kier alpha value is -0.0800. The average Bonchev–Trinajstić information content (AvgIpc) is 3.31. The van der Waals surface area contributed by atoms with Crippen LogP contribution in [0.15, 0.2) is 0 Å². The van der Waals surface area contributed by atoms with Crippen LogP contribution in [-0.4, -0.2) is 25.4 Å². The van der Waals surface area contributed by atoms with E-state index in [-0.39, 0.29) is 0 Å². The van der Waals surface area contributed by atoms with Gasteiger partial charge in [0.2, 0.25) is 0 Å². The first-order valence-electron chi connectivity index (χ1n) is 9.60. The molecule has 2 atom stereocenters. The minimum atomic E-state index is 0.414. The Bertz CT molecular complexity index is 214. The minimum Gasteiger partial charge on any atom is -0.375 e. The van der Waals surface area contributed by atoms with Crippen molar-refractivity contribution in [1.29, 1.82) is 0 Å². The van der Waals surface area contributed by atoms with E-state index in [9.17, 15) is 0 Å². The average molecular weight is 299 g/mol. The van der Waals surface area contributed by atoms with Gasteiger partial charge in [-0.1, -0.05) is 84.5 Å². The Morgan fingerprint density at radius 3 is 1.81 bits per heavy atom. The lowest BCUT2D eigenvalue weighted by Gasteiger charge is -2.17. The van der Waals surface area contributed by atoms with Crippen molar-refractivity contribution >= 4 is 0 Å². The molecule has 2 unspecified atom stereocenters. The van der Waals surface area contributed by atoms with Crippen molar-refractivity contribution in [3.63, 3.8) is 0 Å². The second kappa shape index (κ2) is 13.6. The largest absolute Gasteiger partial charge is 0.375 e. The fourth-order valence-electron chi connectivity index (χ4n) is 2.85. The summed E-state index contributed by atoms with van der Waals surface area (Å²) in [5.74, 6) is 0. The van der Waals surface area contributed by atoms with Crippen LogP contribution in [0.25, 0.3) is 0 Å². The molecule has 1 aliphatic heterocycles. The van der Waals surface area contributed by atoms with Gasteiger partial charge in [-0.2, -0.15) is 0 Å². The number of ether oxygens (including phenoxy) is 2. The highest BCUT2D eigenvalue weighted by atomic mass is 16.6. The lowest BCUT2D eigenvalue weighted by atomic mass is 10.0. The Morgan fingerprint density at radius 1 is 0.810 bits per heavy atom. The number of hydrogen-bond acceptors (Lipinski definition) is 2. The van der Waals surface area contributed by atoms with E-state index in [4.69, 9.17) is 9.47 Å². The third-order valence-electron chi connectivity index (χ3n) is 4.43. The Balaban J connectivity index is 2.00. The van der Waals surface area contributed by atoms with Gasteiger partial charge in [-0.25, -0.2) is 0 Å². The Kier molecular flexibility index (Phi) is 12.3. The normalized spacial score (nSPS) is 18.9. The van der Waals surface area contributed by atoms with Gasteiger partial charge in [-0.3, -0.25) is 0 Å². The van der Waals surface area contributed by atoms with Crippen LogP contribution in [0.2, 0.25) is 0 Å². The molecular weight excluding hydrogens is 260 g/mol. The molecule has 0 aromatic heterocycles. The third-order valence-corrected chi connectivity index (χ3v) is 4.43. The van der Waals surface area contributed by atoms with E-state index >= 15 is 0 Å². The molecule has 126 valence electrons. The SMILES string of the molecule is CCCCCCCCCC(CCCCCC)OCC1CO1. The van der Waals surface area contributed by atoms with Crippen molar-refractivity contribution in [2.24, 2.45) is 0 Å². The highest BCUT2D eigenvalue weighted by molar-refractivity contribution is 4.69. The lowest BCUT2D eigenvalue weighted by Crippen LogP contribution is -2.16. The van der Waals surface area contributed by atoms with Gasteiger partial charge in [0.1, 0.15) is 6.10 Å². The van der Waals surface area contributed by atoms with Crippen LogP contribution in [0.3, 0.4) is 0 Å². The van der Waals surface area contributed by atoms with Crippen LogP contribution in [0.1, 0.15) is 97.3 Å². The molecule has 1 fully saturated rings. The predicted molar refractivity (Wildman–Crippen MR) is 90.8 cm³/mol. The maximum atomic E-state index is 6.07. The Morgan fingerprint density at radius 2 is 1.29 bits per heavy atom. The highest BCUT2D eigenvalue weighted by Crippen LogP contribution is 2.18. The zero-order valence-electron chi connectivity index (χ0n) is 14.6. The van der Waals surface area contributed by atoms with Gasteiger partial charge in [0, 0.05) is 0 Å². The molecule has 21 heavy (non-hydrogen) atoms. The maximum Gasteiger partial charge on any atom is 0.104 e. The first-order valence-corrected chi connectivity index (χ1v) is 9.60. The van der Waals surface area contributed by atoms with Gasteiger partial charge in [0.25, 0.3) is 0 Å². The molecule has 1 heterocycles. The van der Waals surface area contributed by atoms with Crippen molar-refractivity contribution in [1.82, 2.24) is 0 Å². The maximum absolute atomic E-state index is 6.07. The van der Waals surface area contributed by atoms with Crippen molar-refractivity contribution in [3.05, 3.63) is 0 Å². The molecule has 0 spiro atoms. The Labute approximate surface area is 133 Å². The molecule has 0 bridgehead atoms. The van der Waals surface area contributed by atoms with Crippen molar-refractivity contribution in [3.8, 4) is 0 Å². The van der Waals surface area contributed by atoms with Gasteiger partial charge in [0.05, 0.1) is 19.3 Å². The van der Waals surface area contributed by atoms with Crippen LogP contribution in [0.5, 0.6) is 0 Å². The van der Waals surface area contributed by atoms with E-state index < -0.39 is 0 Å². The molecule has 2 nitrogen and oxygen atoms in total. The van der Waals surface area contributed by atoms with E-state index in [1.54, 1.807) is 0 Å². The molecule has 1 saturated heterocycles. The zero-order chi connectivity index (χ0) is 15.2. The summed E-state index contributed by atoms with van der Waals surface area (Å²) < 4.78 is 11.3. The smallest absolute Gasteiger partial charge is 0.104 e. The summed E-state index contributed by atoms with van der Waals surface area (Å²) in [6.45, 7) is 6.30. The van der Waals surface area contributed by atoms with Gasteiger partial charge in [0.15, 0.2) is 0 Å². The standard InChI is InChI=1S/C19H38O2/c1-3-5-7-9-10-11-13-15-18(14-12-8-6-4-2)20-16-19-17-21-19/h18-19H,3-17H2,1-2H3. The van der Waals surface area contributed by atoms with Crippen LogP contribution in [-0.2, 0) is 9.47 Å².